The second-order valence-electron chi connectivity index (χ2n) is 6.16. The van der Waals surface area contributed by atoms with Crippen molar-refractivity contribution in [2.75, 3.05) is 11.5 Å². The second-order valence-corrected chi connectivity index (χ2v) is 6.16. The van der Waals surface area contributed by atoms with Gasteiger partial charge in [0.2, 0.25) is 11.8 Å². The standard InChI is InChI=1S/C17H15NO6/c1-9(20)23-11-4-2-10(3-5-11)18-15(21)13-12-6-7-17(8-19,24-12)14(13)16(18)22/h2-7,12-14,19H,8H2,1H3/t12-,13-,14-,17+/m1/s1. The SMILES string of the molecule is CC(=O)Oc1ccc(N2C(=O)[C@@H]3[C@H]4C=C[C@@](CO)(O4)[C@H]3C2=O)cc1. The van der Waals surface area contributed by atoms with Gasteiger partial charge in [-0.2, -0.15) is 0 Å². The van der Waals surface area contributed by atoms with Gasteiger partial charge in [0.15, 0.2) is 0 Å². The van der Waals surface area contributed by atoms with Crippen LogP contribution in [0.2, 0.25) is 0 Å². The van der Waals surface area contributed by atoms with Crippen LogP contribution >= 0.6 is 0 Å². The van der Waals surface area contributed by atoms with E-state index in [1.165, 1.54) is 19.1 Å². The Morgan fingerprint density at radius 3 is 2.62 bits per heavy atom. The van der Waals surface area contributed by atoms with Gasteiger partial charge in [-0.25, -0.2) is 4.90 Å². The third-order valence-electron chi connectivity index (χ3n) is 4.76. The maximum absolute atomic E-state index is 12.8. The summed E-state index contributed by atoms with van der Waals surface area (Å²) in [7, 11) is 0. The van der Waals surface area contributed by atoms with Crippen LogP contribution in [0.4, 0.5) is 5.69 Å². The van der Waals surface area contributed by atoms with Crippen molar-refractivity contribution in [2.24, 2.45) is 11.8 Å². The van der Waals surface area contributed by atoms with Gasteiger partial charge in [-0.3, -0.25) is 14.4 Å². The van der Waals surface area contributed by atoms with E-state index < -0.39 is 29.5 Å². The summed E-state index contributed by atoms with van der Waals surface area (Å²) in [6.45, 7) is 0.944. The maximum atomic E-state index is 12.8. The number of fused-ring (bicyclic) bond motifs is 5. The van der Waals surface area contributed by atoms with E-state index in [0.717, 1.165) is 4.90 Å². The maximum Gasteiger partial charge on any atom is 0.308 e. The zero-order valence-electron chi connectivity index (χ0n) is 12.8. The molecule has 7 heteroatoms. The van der Waals surface area contributed by atoms with Crippen molar-refractivity contribution in [1.29, 1.82) is 0 Å². The summed E-state index contributed by atoms with van der Waals surface area (Å²) < 4.78 is 10.6. The summed E-state index contributed by atoms with van der Waals surface area (Å²) in [6, 6.07) is 6.15. The molecular weight excluding hydrogens is 314 g/mol. The molecule has 0 radical (unpaired) electrons. The molecule has 1 aromatic carbocycles. The molecule has 0 unspecified atom stereocenters. The Bertz CT molecular complexity index is 770. The number of benzene rings is 1. The van der Waals surface area contributed by atoms with Crippen LogP contribution < -0.4 is 9.64 Å². The van der Waals surface area contributed by atoms with E-state index in [4.69, 9.17) is 9.47 Å². The van der Waals surface area contributed by atoms with Crippen molar-refractivity contribution >= 4 is 23.5 Å². The topological polar surface area (TPSA) is 93.1 Å². The normalized spacial score (nSPS) is 33.2. The third kappa shape index (κ3) is 1.88. The summed E-state index contributed by atoms with van der Waals surface area (Å²) in [5.74, 6) is -2.15. The van der Waals surface area contributed by atoms with Gasteiger partial charge in [-0.15, -0.1) is 0 Å². The molecule has 3 aliphatic rings. The third-order valence-corrected chi connectivity index (χ3v) is 4.76. The Morgan fingerprint density at radius 2 is 2.00 bits per heavy atom. The number of amides is 2. The molecule has 3 heterocycles. The van der Waals surface area contributed by atoms with Crippen molar-refractivity contribution < 1.29 is 29.0 Å². The number of aliphatic hydroxyl groups is 1. The fourth-order valence-electron chi connectivity index (χ4n) is 3.77. The van der Waals surface area contributed by atoms with E-state index >= 15 is 0 Å². The van der Waals surface area contributed by atoms with Crippen LogP contribution in [0.25, 0.3) is 0 Å². The first kappa shape index (κ1) is 15.0. The molecule has 7 nitrogen and oxygen atoms in total. The van der Waals surface area contributed by atoms with E-state index in [-0.39, 0.29) is 18.4 Å². The zero-order valence-corrected chi connectivity index (χ0v) is 12.8. The molecule has 24 heavy (non-hydrogen) atoms. The van der Waals surface area contributed by atoms with Crippen molar-refractivity contribution in [2.45, 2.75) is 18.6 Å². The number of rotatable bonds is 3. The van der Waals surface area contributed by atoms with Gasteiger partial charge in [0.25, 0.3) is 0 Å². The number of esters is 1. The summed E-state index contributed by atoms with van der Waals surface area (Å²) in [6.07, 6.45) is 2.93. The Labute approximate surface area is 137 Å². The number of anilines is 1. The van der Waals surface area contributed by atoms with Gasteiger partial charge in [-0.05, 0) is 24.3 Å². The molecule has 0 aliphatic carbocycles. The van der Waals surface area contributed by atoms with Crippen LogP contribution in [0.15, 0.2) is 36.4 Å². The highest BCUT2D eigenvalue weighted by molar-refractivity contribution is 6.23. The number of imide groups is 1. The molecule has 0 spiro atoms. The highest BCUT2D eigenvalue weighted by Gasteiger charge is 2.67. The molecular formula is C17H15NO6. The Balaban J connectivity index is 1.65. The van der Waals surface area contributed by atoms with Crippen LogP contribution in [0, 0.1) is 11.8 Å². The summed E-state index contributed by atoms with van der Waals surface area (Å²) in [5.41, 5.74) is -0.697. The zero-order chi connectivity index (χ0) is 17.1. The number of carbonyl (C=O) groups is 3. The highest BCUT2D eigenvalue weighted by Crippen LogP contribution is 2.52. The van der Waals surface area contributed by atoms with Gasteiger partial charge in [0.05, 0.1) is 30.2 Å². The van der Waals surface area contributed by atoms with Crippen LogP contribution in [0.1, 0.15) is 6.92 Å². The average molecular weight is 329 g/mol. The molecule has 2 saturated heterocycles. The lowest BCUT2D eigenvalue weighted by atomic mass is 9.77. The minimum absolute atomic E-state index is 0.336. The monoisotopic (exact) mass is 329 g/mol. The van der Waals surface area contributed by atoms with Gasteiger partial charge >= 0.3 is 5.97 Å². The van der Waals surface area contributed by atoms with E-state index in [9.17, 15) is 19.5 Å². The molecule has 1 aromatic rings. The van der Waals surface area contributed by atoms with Crippen LogP contribution in [-0.4, -0.2) is 41.2 Å². The van der Waals surface area contributed by atoms with Crippen LogP contribution in [-0.2, 0) is 19.1 Å². The predicted molar refractivity (Wildman–Crippen MR) is 81.1 cm³/mol. The van der Waals surface area contributed by atoms with E-state index in [1.807, 2.05) is 0 Å². The van der Waals surface area contributed by atoms with Crippen molar-refractivity contribution in [1.82, 2.24) is 0 Å². The van der Waals surface area contributed by atoms with Gasteiger partial charge in [0.1, 0.15) is 11.4 Å². The van der Waals surface area contributed by atoms with Gasteiger partial charge in [0, 0.05) is 6.92 Å². The molecule has 1 N–H and O–H groups in total. The molecule has 2 fully saturated rings. The lowest BCUT2D eigenvalue weighted by molar-refractivity contribution is -0.132. The minimum Gasteiger partial charge on any atom is -0.427 e. The van der Waals surface area contributed by atoms with Gasteiger partial charge < -0.3 is 14.6 Å². The first-order valence-corrected chi connectivity index (χ1v) is 7.61. The van der Waals surface area contributed by atoms with Gasteiger partial charge in [-0.1, -0.05) is 12.2 Å². The first-order chi connectivity index (χ1) is 11.5. The van der Waals surface area contributed by atoms with E-state index in [1.54, 1.807) is 24.3 Å². The Hall–Kier alpha value is -2.51. The number of aliphatic hydroxyl groups excluding tert-OH is 1. The van der Waals surface area contributed by atoms with Crippen molar-refractivity contribution in [3.8, 4) is 5.75 Å². The number of nitrogens with zero attached hydrogens (tertiary/aromatic N) is 1. The predicted octanol–water partition coefficient (Wildman–Crippen LogP) is 0.417. The summed E-state index contributed by atoms with van der Waals surface area (Å²) >= 11 is 0. The first-order valence-electron chi connectivity index (χ1n) is 7.61. The average Bonchev–Trinajstić information content (AvgIpc) is 3.19. The number of hydrogen-bond acceptors (Lipinski definition) is 6. The number of ether oxygens (including phenoxy) is 2. The largest absolute Gasteiger partial charge is 0.427 e. The number of hydrogen-bond donors (Lipinski definition) is 1. The molecule has 0 aromatic heterocycles. The Kier molecular flexibility index (Phi) is 3.13. The summed E-state index contributed by atoms with van der Waals surface area (Å²) in [4.78, 5) is 37.6. The quantitative estimate of drug-likeness (QED) is 0.374. The molecule has 2 amide bonds. The molecule has 4 atom stereocenters. The molecule has 4 rings (SSSR count). The molecule has 0 saturated carbocycles. The minimum atomic E-state index is -1.10. The van der Waals surface area contributed by atoms with E-state index in [2.05, 4.69) is 0 Å². The fraction of sp³-hybridized carbons (Fsp3) is 0.353. The second kappa shape index (κ2) is 4.99. The lowest BCUT2D eigenvalue weighted by Crippen LogP contribution is -2.43. The summed E-state index contributed by atoms with van der Waals surface area (Å²) in [5, 5.41) is 9.66. The molecule has 2 bridgehead atoms. The van der Waals surface area contributed by atoms with Crippen LogP contribution in [0.5, 0.6) is 5.75 Å². The fourth-order valence-corrected chi connectivity index (χ4v) is 3.77. The van der Waals surface area contributed by atoms with Crippen LogP contribution in [0.3, 0.4) is 0 Å². The lowest BCUT2D eigenvalue weighted by Gasteiger charge is -2.26. The smallest absolute Gasteiger partial charge is 0.308 e. The highest BCUT2D eigenvalue weighted by atomic mass is 16.5. The van der Waals surface area contributed by atoms with Crippen molar-refractivity contribution in [3.63, 3.8) is 0 Å². The molecule has 3 aliphatic heterocycles. The van der Waals surface area contributed by atoms with Crippen molar-refractivity contribution in [3.05, 3.63) is 36.4 Å². The molecule has 124 valence electrons. The van der Waals surface area contributed by atoms with E-state index in [0.29, 0.717) is 11.4 Å². The Morgan fingerprint density at radius 1 is 1.29 bits per heavy atom. The number of carbonyl (C=O) groups excluding carboxylic acids is 3.